The Hall–Kier alpha value is -1.96. The topological polar surface area (TPSA) is 109 Å². The van der Waals surface area contributed by atoms with Crippen LogP contribution in [0.2, 0.25) is 0 Å². The highest BCUT2D eigenvalue weighted by molar-refractivity contribution is 7.99. The maximum absolute atomic E-state index is 11.8. The lowest BCUT2D eigenvalue weighted by Gasteiger charge is -2.24. The number of hydrogen-bond donors (Lipinski definition) is 3. The van der Waals surface area contributed by atoms with E-state index in [1.165, 1.54) is 24.1 Å². The van der Waals surface area contributed by atoms with Crippen molar-refractivity contribution in [1.82, 2.24) is 10.6 Å². The average molecular weight is 312 g/mol. The summed E-state index contributed by atoms with van der Waals surface area (Å²) in [6, 6.07) is 3.11. The molecule has 3 N–H and O–H groups in total. The van der Waals surface area contributed by atoms with E-state index >= 15 is 0 Å². The van der Waals surface area contributed by atoms with Gasteiger partial charge in [-0.05, 0) is 24.3 Å². The van der Waals surface area contributed by atoms with Crippen LogP contribution in [0.1, 0.15) is 23.4 Å². The van der Waals surface area contributed by atoms with Gasteiger partial charge in [-0.2, -0.15) is 11.8 Å². The predicted octanol–water partition coefficient (Wildman–Crippen LogP) is 0.476. The van der Waals surface area contributed by atoms with Gasteiger partial charge >= 0.3 is 5.97 Å². The van der Waals surface area contributed by atoms with Crippen molar-refractivity contribution in [3.63, 3.8) is 0 Å². The quantitative estimate of drug-likeness (QED) is 0.705. The predicted molar refractivity (Wildman–Crippen MR) is 76.1 cm³/mol. The van der Waals surface area contributed by atoms with E-state index in [0.29, 0.717) is 17.9 Å². The van der Waals surface area contributed by atoms with E-state index in [1.54, 1.807) is 6.07 Å². The fourth-order valence-electron chi connectivity index (χ4n) is 2.00. The van der Waals surface area contributed by atoms with E-state index in [0.717, 1.165) is 0 Å². The van der Waals surface area contributed by atoms with Crippen LogP contribution in [0.3, 0.4) is 0 Å². The molecule has 2 amide bonds. The number of carboxylic acids is 1. The van der Waals surface area contributed by atoms with Crippen LogP contribution in [-0.4, -0.2) is 46.5 Å². The first kappa shape index (κ1) is 15.4. The Labute approximate surface area is 125 Å². The Morgan fingerprint density at radius 2 is 2.24 bits per heavy atom. The molecule has 0 spiro atoms. The smallest absolute Gasteiger partial charge is 0.330 e. The van der Waals surface area contributed by atoms with Crippen LogP contribution < -0.4 is 10.6 Å². The summed E-state index contributed by atoms with van der Waals surface area (Å²) in [7, 11) is 0. The molecule has 0 bridgehead atoms. The van der Waals surface area contributed by atoms with E-state index in [-0.39, 0.29) is 24.6 Å². The number of rotatable bonds is 6. The summed E-state index contributed by atoms with van der Waals surface area (Å²) in [5, 5.41) is 14.3. The zero-order valence-corrected chi connectivity index (χ0v) is 12.1. The van der Waals surface area contributed by atoms with Gasteiger partial charge in [-0.1, -0.05) is 0 Å². The Balaban J connectivity index is 1.77. The zero-order valence-electron chi connectivity index (χ0n) is 11.3. The van der Waals surface area contributed by atoms with Gasteiger partial charge in [0, 0.05) is 18.7 Å². The van der Waals surface area contributed by atoms with Crippen molar-refractivity contribution in [2.24, 2.45) is 0 Å². The number of carbonyl (C=O) groups excluding carboxylic acids is 2. The number of carboxylic acid groups (broad SMARTS) is 1. The van der Waals surface area contributed by atoms with Crippen LogP contribution in [0, 0.1) is 0 Å². The van der Waals surface area contributed by atoms with E-state index in [1.807, 2.05) is 0 Å². The van der Waals surface area contributed by atoms with Crippen molar-refractivity contribution in [3.05, 3.63) is 24.2 Å². The summed E-state index contributed by atoms with van der Waals surface area (Å²) in [4.78, 5) is 34.7. The van der Waals surface area contributed by atoms with Gasteiger partial charge in [0.1, 0.15) is 5.54 Å². The molecule has 1 fully saturated rings. The molecule has 21 heavy (non-hydrogen) atoms. The number of thioether (sulfide) groups is 1. The monoisotopic (exact) mass is 312 g/mol. The molecular weight excluding hydrogens is 296 g/mol. The highest BCUT2D eigenvalue weighted by Crippen LogP contribution is 2.28. The molecule has 114 valence electrons. The minimum absolute atomic E-state index is 0.0200. The van der Waals surface area contributed by atoms with Crippen molar-refractivity contribution in [3.8, 4) is 0 Å². The van der Waals surface area contributed by atoms with Crippen LogP contribution in [0.15, 0.2) is 22.8 Å². The van der Waals surface area contributed by atoms with Gasteiger partial charge in [0.15, 0.2) is 5.76 Å². The minimum Gasteiger partial charge on any atom is -0.479 e. The Morgan fingerprint density at radius 3 is 2.81 bits per heavy atom. The van der Waals surface area contributed by atoms with Gasteiger partial charge in [0.05, 0.1) is 6.26 Å². The second-order valence-corrected chi connectivity index (χ2v) is 5.83. The van der Waals surface area contributed by atoms with Gasteiger partial charge in [0.2, 0.25) is 5.91 Å². The molecule has 1 atom stereocenters. The lowest BCUT2D eigenvalue weighted by atomic mass is 9.99. The van der Waals surface area contributed by atoms with Crippen molar-refractivity contribution >= 4 is 29.5 Å². The largest absolute Gasteiger partial charge is 0.479 e. The highest BCUT2D eigenvalue weighted by Gasteiger charge is 2.43. The summed E-state index contributed by atoms with van der Waals surface area (Å²) in [5.74, 6) is -0.559. The van der Waals surface area contributed by atoms with Gasteiger partial charge < -0.3 is 20.2 Å². The third-order valence-corrected chi connectivity index (χ3v) is 4.38. The molecule has 1 unspecified atom stereocenters. The van der Waals surface area contributed by atoms with Crippen LogP contribution in [-0.2, 0) is 9.59 Å². The average Bonchev–Trinajstić information content (AvgIpc) is 3.10. The summed E-state index contributed by atoms with van der Waals surface area (Å²) in [6.07, 6.45) is 1.82. The number of amides is 2. The normalized spacial score (nSPS) is 21.0. The molecule has 0 saturated carbocycles. The van der Waals surface area contributed by atoms with Crippen LogP contribution in [0.25, 0.3) is 0 Å². The van der Waals surface area contributed by atoms with E-state index < -0.39 is 17.4 Å². The minimum atomic E-state index is -1.17. The number of hydrogen-bond acceptors (Lipinski definition) is 5. The second kappa shape index (κ2) is 6.66. The number of carbonyl (C=O) groups is 3. The number of aliphatic carboxylic acids is 1. The molecule has 7 nitrogen and oxygen atoms in total. The van der Waals surface area contributed by atoms with Gasteiger partial charge in [-0.25, -0.2) is 4.79 Å². The maximum Gasteiger partial charge on any atom is 0.330 e. The lowest BCUT2D eigenvalue weighted by molar-refractivity contribution is -0.146. The Morgan fingerprint density at radius 1 is 1.43 bits per heavy atom. The fourth-order valence-corrected chi connectivity index (χ4v) is 3.33. The summed E-state index contributed by atoms with van der Waals surface area (Å²) in [6.45, 7) is 0.119. The molecule has 1 aliphatic heterocycles. The summed E-state index contributed by atoms with van der Waals surface area (Å²) >= 11 is 1.50. The standard InChI is InChI=1S/C13H16N2O5S/c16-10(15-13(12(18)19)4-7-21-8-13)3-5-14-11(17)9-2-1-6-20-9/h1-2,6H,3-5,7-8H2,(H,14,17)(H,15,16)(H,18,19). The molecule has 1 aromatic rings. The molecule has 1 aromatic heterocycles. The second-order valence-electron chi connectivity index (χ2n) is 4.72. The van der Waals surface area contributed by atoms with E-state index in [9.17, 15) is 19.5 Å². The molecule has 1 aliphatic rings. The Bertz CT molecular complexity index is 523. The number of nitrogens with one attached hydrogen (secondary N) is 2. The summed E-state index contributed by atoms with van der Waals surface area (Å²) in [5.41, 5.74) is -1.17. The SMILES string of the molecule is O=C(CCNC(=O)c1ccco1)NC1(C(=O)O)CCSC1. The lowest BCUT2D eigenvalue weighted by Crippen LogP contribution is -2.55. The Kier molecular flexibility index (Phi) is 4.89. The van der Waals surface area contributed by atoms with Gasteiger partial charge in [-0.15, -0.1) is 0 Å². The van der Waals surface area contributed by atoms with Crippen LogP contribution in [0.5, 0.6) is 0 Å². The zero-order chi connectivity index (χ0) is 15.3. The fraction of sp³-hybridized carbons (Fsp3) is 0.462. The maximum atomic E-state index is 11.8. The molecule has 1 saturated heterocycles. The third kappa shape index (κ3) is 3.78. The van der Waals surface area contributed by atoms with Gasteiger partial charge in [-0.3, -0.25) is 9.59 Å². The molecule has 2 rings (SSSR count). The van der Waals surface area contributed by atoms with Crippen molar-refractivity contribution < 1.29 is 23.9 Å². The number of furan rings is 1. The van der Waals surface area contributed by atoms with Crippen LogP contribution >= 0.6 is 11.8 Å². The van der Waals surface area contributed by atoms with Crippen molar-refractivity contribution in [1.29, 1.82) is 0 Å². The first-order chi connectivity index (χ1) is 10.0. The first-order valence-electron chi connectivity index (χ1n) is 6.47. The summed E-state index contributed by atoms with van der Waals surface area (Å²) < 4.78 is 4.91. The third-order valence-electron chi connectivity index (χ3n) is 3.19. The highest BCUT2D eigenvalue weighted by atomic mass is 32.2. The first-order valence-corrected chi connectivity index (χ1v) is 7.63. The molecule has 0 radical (unpaired) electrons. The van der Waals surface area contributed by atoms with Gasteiger partial charge in [0.25, 0.3) is 5.91 Å². The molecule has 0 aliphatic carbocycles. The van der Waals surface area contributed by atoms with Crippen molar-refractivity contribution in [2.45, 2.75) is 18.4 Å². The van der Waals surface area contributed by atoms with E-state index in [2.05, 4.69) is 10.6 Å². The van der Waals surface area contributed by atoms with E-state index in [4.69, 9.17) is 4.42 Å². The molecule has 8 heteroatoms. The molecular formula is C13H16N2O5S. The van der Waals surface area contributed by atoms with Crippen molar-refractivity contribution in [2.75, 3.05) is 18.1 Å². The van der Waals surface area contributed by atoms with Crippen LogP contribution in [0.4, 0.5) is 0 Å². The molecule has 2 heterocycles. The molecule has 0 aromatic carbocycles.